The normalized spacial score (nSPS) is 20.3. The van der Waals surface area contributed by atoms with Gasteiger partial charge in [-0.25, -0.2) is 0 Å². The summed E-state index contributed by atoms with van der Waals surface area (Å²) >= 11 is 0. The predicted octanol–water partition coefficient (Wildman–Crippen LogP) is 17.6. The summed E-state index contributed by atoms with van der Waals surface area (Å²) in [5, 5.41) is 3.69. The predicted molar refractivity (Wildman–Crippen MR) is 308 cm³/mol. The van der Waals surface area contributed by atoms with Crippen LogP contribution in [-0.2, 0) is 54.8 Å². The zero-order valence-corrected chi connectivity index (χ0v) is 46.0. The average molecular weight is 1020 g/mol. The minimum Gasteiger partial charge on any atom is -0.374 e. The van der Waals surface area contributed by atoms with Gasteiger partial charge < -0.3 is 33.7 Å². The lowest BCUT2D eigenvalue weighted by Gasteiger charge is -2.46. The lowest BCUT2D eigenvalue weighted by atomic mass is 9.97. The van der Waals surface area contributed by atoms with Crippen molar-refractivity contribution in [3.63, 3.8) is 0 Å². The Hall–Kier alpha value is -3.40. The minimum atomic E-state index is -1.16. The van der Waals surface area contributed by atoms with Crippen LogP contribution in [0.1, 0.15) is 221 Å². The molecule has 74 heavy (non-hydrogen) atoms. The smallest absolute Gasteiger partial charge is 0.186 e. The van der Waals surface area contributed by atoms with Gasteiger partial charge in [-0.3, -0.25) is 0 Å². The topological polar surface area (TPSA) is 67.4 Å². The van der Waals surface area contributed by atoms with Crippen LogP contribution in [0.4, 0.5) is 0 Å². The van der Waals surface area contributed by atoms with Gasteiger partial charge in [-0.2, -0.15) is 0 Å². The van der Waals surface area contributed by atoms with Crippen LogP contribution in [0.5, 0.6) is 0 Å². The van der Waals surface area contributed by atoms with E-state index in [-0.39, 0.29) is 6.61 Å². The molecule has 5 unspecified atom stereocenters. The maximum atomic E-state index is 9.26. The third-order valence-electron chi connectivity index (χ3n) is 14.3. The second-order valence-electron chi connectivity index (χ2n) is 20.8. The summed E-state index contributed by atoms with van der Waals surface area (Å²) in [5.74, 6) is 0. The van der Waals surface area contributed by atoms with E-state index in [1.807, 2.05) is 121 Å². The number of nitrogens with one attached hydrogen (secondary N) is 1. The molecule has 0 aromatic heterocycles. The summed E-state index contributed by atoms with van der Waals surface area (Å²) in [6.07, 6.45) is 33.8. The van der Waals surface area contributed by atoms with Gasteiger partial charge in [-0.15, -0.1) is 0 Å². The van der Waals surface area contributed by atoms with E-state index in [0.717, 1.165) is 19.3 Å². The Morgan fingerprint density at radius 2 is 0.689 bits per heavy atom. The highest BCUT2D eigenvalue weighted by Gasteiger charge is 2.49. The highest BCUT2D eigenvalue weighted by atomic mass is 16.7. The number of hydrogen-bond donors (Lipinski definition) is 1. The number of rotatable bonds is 47. The summed E-state index contributed by atoms with van der Waals surface area (Å²) in [6.45, 7) is 0.484. The van der Waals surface area contributed by atoms with E-state index in [4.69, 9.17) is 29.8 Å². The largest absolute Gasteiger partial charge is 0.374 e. The fourth-order valence-electron chi connectivity index (χ4n) is 9.87. The van der Waals surface area contributed by atoms with Crippen molar-refractivity contribution in [1.29, 1.82) is 0 Å². The molecule has 0 spiro atoms. The van der Waals surface area contributed by atoms with Gasteiger partial charge in [-0.05, 0) is 54.6 Å². The lowest BCUT2D eigenvalue weighted by Crippen LogP contribution is -2.61. The van der Waals surface area contributed by atoms with Crippen molar-refractivity contribution in [2.75, 3.05) is 26.3 Å². The highest BCUT2D eigenvalue weighted by Crippen LogP contribution is 2.32. The Kier molecular flexibility index (Phi) is 31.9. The van der Waals surface area contributed by atoms with Gasteiger partial charge in [0.1, 0.15) is 24.4 Å². The maximum Gasteiger partial charge on any atom is 0.186 e. The van der Waals surface area contributed by atoms with Crippen molar-refractivity contribution in [2.45, 2.75) is 250 Å². The molecule has 7 nitrogen and oxygen atoms in total. The molecule has 7 heteroatoms. The fraction of sp³-hybridized carbons (Fsp3) is 0.642. The molecule has 1 aliphatic heterocycles. The van der Waals surface area contributed by atoms with Crippen LogP contribution in [0.2, 0.25) is 0 Å². The molecule has 1 aliphatic rings. The summed E-state index contributed by atoms with van der Waals surface area (Å²) in [5.41, 5.74) is 2.58. The quantitative estimate of drug-likeness (QED) is 0.0442. The van der Waals surface area contributed by atoms with Gasteiger partial charge in [0, 0.05) is 6.61 Å². The molecule has 0 saturated carbocycles. The third kappa shape index (κ3) is 28.7. The molecule has 4 aromatic carbocycles. The number of hydrogen-bond acceptors (Lipinski definition) is 7. The molecule has 412 valence electrons. The molecule has 1 N–H and O–H groups in total. The van der Waals surface area contributed by atoms with Gasteiger partial charge >= 0.3 is 0 Å². The van der Waals surface area contributed by atoms with Gasteiger partial charge in [0.2, 0.25) is 0 Å². The second kappa shape index (κ2) is 42.7. The summed E-state index contributed by atoms with van der Waals surface area (Å²) in [6, 6.07) is 37.2. The molecule has 4 aromatic rings. The van der Waals surface area contributed by atoms with Crippen LogP contribution in [0.15, 0.2) is 121 Å². The van der Waals surface area contributed by atoms with Crippen molar-refractivity contribution in [1.82, 2.24) is 5.32 Å². The maximum absolute atomic E-state index is 9.26. The zero-order chi connectivity index (χ0) is 54.9. The summed E-state index contributed by atoms with van der Waals surface area (Å²) < 4.78 is 76.0. The Bertz CT molecular complexity index is 1980. The van der Waals surface area contributed by atoms with E-state index in [0.29, 0.717) is 28.9 Å². The van der Waals surface area contributed by atoms with Crippen LogP contribution in [0.25, 0.3) is 0 Å². The van der Waals surface area contributed by atoms with E-state index in [1.54, 1.807) is 0 Å². The van der Waals surface area contributed by atoms with Crippen LogP contribution in [-0.4, -0.2) is 57.0 Å². The molecule has 0 radical (unpaired) electrons. The van der Waals surface area contributed by atoms with Crippen LogP contribution in [0.3, 0.4) is 0 Å². The molecule has 0 amide bonds. The van der Waals surface area contributed by atoms with E-state index < -0.39 is 57.0 Å². The summed E-state index contributed by atoms with van der Waals surface area (Å²) in [4.78, 5) is 0. The first kappa shape index (κ1) is 55.4. The molecular weight excluding hydrogens is 915 g/mol. The summed E-state index contributed by atoms with van der Waals surface area (Å²) in [7, 11) is 0. The molecule has 9 atom stereocenters. The Balaban J connectivity index is 0.992. The second-order valence-corrected chi connectivity index (χ2v) is 20.8. The molecular formula is C67H103NO6. The van der Waals surface area contributed by atoms with Crippen LogP contribution < -0.4 is 5.32 Å². The zero-order valence-electron chi connectivity index (χ0n) is 50.0. The Morgan fingerprint density at radius 1 is 0.365 bits per heavy atom. The van der Waals surface area contributed by atoms with Gasteiger partial charge in [0.15, 0.2) is 6.29 Å². The van der Waals surface area contributed by atoms with Gasteiger partial charge in [0.25, 0.3) is 0 Å². The molecule has 0 bridgehead atoms. The van der Waals surface area contributed by atoms with Crippen LogP contribution in [0, 0.1) is 0 Å². The third-order valence-corrected chi connectivity index (χ3v) is 14.3. The Labute approximate surface area is 457 Å². The van der Waals surface area contributed by atoms with E-state index in [1.165, 1.54) is 180 Å². The van der Waals surface area contributed by atoms with Gasteiger partial charge in [-0.1, -0.05) is 295 Å². The molecule has 5 rings (SSSR count). The first-order valence-electron chi connectivity index (χ1n) is 32.2. The van der Waals surface area contributed by atoms with Crippen molar-refractivity contribution < 1.29 is 33.9 Å². The average Bonchev–Trinajstić information content (AvgIpc) is 3.53. The van der Waals surface area contributed by atoms with Crippen molar-refractivity contribution in [3.8, 4) is 0 Å². The van der Waals surface area contributed by atoms with Crippen molar-refractivity contribution >= 4 is 0 Å². The lowest BCUT2D eigenvalue weighted by molar-refractivity contribution is -0.328. The molecule has 0 aliphatic carbocycles. The number of ether oxygens (including phenoxy) is 6. The first-order valence-corrected chi connectivity index (χ1v) is 29.9. The standard InChI is InChI=1S/C67H103NO6/c1-2-3-4-5-6-7-8-9-10-11-13-16-19-22-25-40-51-68-52-41-26-23-20-17-14-12-15-18-21-24-27-42-53-70-67-66(73-57-62-49-38-31-39-50-62)65(72-56-61-47-36-30-37-48-61)64(71-55-60-45-34-29-35-46-60)63(74-67)58-69-54-59-43-32-28-33-44-59/h28-39,43-50,63-68H,2-27,40-42,51-58H2,1H3/t63-,64-,65+,66+,67?/m1/s1/i54D,55D,56D,57D/t54?,55?,56?,57?,63-,64-,65+,66+,67?. The van der Waals surface area contributed by atoms with E-state index >= 15 is 0 Å². The molecule has 1 heterocycles. The number of unbranched alkanes of at least 4 members (excludes halogenated alkanes) is 27. The van der Waals surface area contributed by atoms with Crippen molar-refractivity contribution in [3.05, 3.63) is 144 Å². The van der Waals surface area contributed by atoms with Gasteiger partial charge in [0.05, 0.1) is 38.4 Å². The fourth-order valence-corrected chi connectivity index (χ4v) is 9.87. The molecule has 1 saturated heterocycles. The SMILES string of the molecule is [2H]C(OC[C@H]1OC(OCCCCCCCCCCCCCCCNCCCCCCCCCCCCCCCCCC)[C@@H](OC([2H])c2ccccc2)[C@@H](OC([2H])c2ccccc2)[C@@H]1OC([2H])c1ccccc1)c1ccccc1. The van der Waals surface area contributed by atoms with E-state index in [2.05, 4.69) is 12.2 Å². The number of benzene rings is 4. The molecule has 1 fully saturated rings. The van der Waals surface area contributed by atoms with Crippen molar-refractivity contribution in [2.24, 2.45) is 0 Å². The van der Waals surface area contributed by atoms with Crippen LogP contribution >= 0.6 is 0 Å². The van der Waals surface area contributed by atoms with E-state index in [9.17, 15) is 4.11 Å². The minimum absolute atomic E-state index is 0.0872. The monoisotopic (exact) mass is 1020 g/mol. The first-order chi connectivity index (χ1) is 38.4. The Morgan fingerprint density at radius 3 is 1.08 bits per heavy atom. The highest BCUT2D eigenvalue weighted by molar-refractivity contribution is 5.16.